The van der Waals surface area contributed by atoms with Crippen molar-refractivity contribution < 1.29 is 4.79 Å². The van der Waals surface area contributed by atoms with Gasteiger partial charge in [-0.3, -0.25) is 4.79 Å². The molecule has 0 atom stereocenters. The number of hydrogen-bond acceptors (Lipinski definition) is 2. The second-order valence-electron chi connectivity index (χ2n) is 5.19. The molecule has 0 aliphatic carbocycles. The standard InChI is InChI=1S/C19H21NOS/c1-15-10-11-18(16(2)13-15)20-19(21)14-22-12-6-9-17-7-4-3-5-8-17/h3-11,13H,12,14H2,1-2H3,(H,20,21)/b9-6+. The molecule has 3 heteroatoms. The first-order valence-electron chi connectivity index (χ1n) is 7.31. The minimum absolute atomic E-state index is 0.0464. The molecule has 0 aliphatic heterocycles. The maximum Gasteiger partial charge on any atom is 0.234 e. The summed E-state index contributed by atoms with van der Waals surface area (Å²) in [4.78, 5) is 11.9. The van der Waals surface area contributed by atoms with Gasteiger partial charge in [-0.25, -0.2) is 0 Å². The van der Waals surface area contributed by atoms with E-state index < -0.39 is 0 Å². The van der Waals surface area contributed by atoms with Gasteiger partial charge in [0.15, 0.2) is 0 Å². The Kier molecular flexibility index (Phi) is 6.28. The number of amides is 1. The maximum absolute atomic E-state index is 11.9. The van der Waals surface area contributed by atoms with Gasteiger partial charge in [0.05, 0.1) is 5.75 Å². The second kappa shape index (κ2) is 8.44. The molecule has 0 aliphatic rings. The molecular weight excluding hydrogens is 290 g/mol. The highest BCUT2D eigenvalue weighted by atomic mass is 32.2. The lowest BCUT2D eigenvalue weighted by Crippen LogP contribution is -2.15. The lowest BCUT2D eigenvalue weighted by molar-refractivity contribution is -0.113. The molecule has 0 heterocycles. The number of anilines is 1. The van der Waals surface area contributed by atoms with Gasteiger partial charge in [0, 0.05) is 11.4 Å². The molecule has 2 rings (SSSR count). The smallest absolute Gasteiger partial charge is 0.234 e. The Hall–Kier alpha value is -2.00. The topological polar surface area (TPSA) is 29.1 Å². The number of carbonyl (C=O) groups excluding carboxylic acids is 1. The molecule has 2 aromatic rings. The Labute approximate surface area is 136 Å². The molecule has 0 saturated heterocycles. The van der Waals surface area contributed by atoms with Crippen molar-refractivity contribution in [3.8, 4) is 0 Å². The molecular formula is C19H21NOS. The summed E-state index contributed by atoms with van der Waals surface area (Å²) >= 11 is 1.61. The molecule has 0 spiro atoms. The summed E-state index contributed by atoms with van der Waals surface area (Å²) in [5.41, 5.74) is 4.39. The summed E-state index contributed by atoms with van der Waals surface area (Å²) in [6.07, 6.45) is 4.17. The number of thioether (sulfide) groups is 1. The largest absolute Gasteiger partial charge is 0.325 e. The van der Waals surface area contributed by atoms with Gasteiger partial charge in [0.25, 0.3) is 0 Å². The van der Waals surface area contributed by atoms with Crippen molar-refractivity contribution in [3.05, 3.63) is 71.3 Å². The highest BCUT2D eigenvalue weighted by molar-refractivity contribution is 8.00. The van der Waals surface area contributed by atoms with Gasteiger partial charge < -0.3 is 5.32 Å². The fraction of sp³-hybridized carbons (Fsp3) is 0.211. The summed E-state index contributed by atoms with van der Waals surface area (Å²) in [5.74, 6) is 1.34. The summed E-state index contributed by atoms with van der Waals surface area (Å²) < 4.78 is 0. The van der Waals surface area contributed by atoms with Crippen LogP contribution in [-0.4, -0.2) is 17.4 Å². The zero-order chi connectivity index (χ0) is 15.8. The number of carbonyl (C=O) groups is 1. The van der Waals surface area contributed by atoms with Crippen molar-refractivity contribution in [3.63, 3.8) is 0 Å². The fourth-order valence-corrected chi connectivity index (χ4v) is 2.72. The Bertz CT molecular complexity index is 650. The van der Waals surface area contributed by atoms with Crippen molar-refractivity contribution in [1.82, 2.24) is 0 Å². The van der Waals surface area contributed by atoms with Crippen LogP contribution >= 0.6 is 11.8 Å². The fourth-order valence-electron chi connectivity index (χ4n) is 2.11. The molecule has 2 aromatic carbocycles. The van der Waals surface area contributed by atoms with E-state index in [9.17, 15) is 4.79 Å². The summed E-state index contributed by atoms with van der Waals surface area (Å²) in [6.45, 7) is 4.06. The van der Waals surface area contributed by atoms with E-state index in [1.54, 1.807) is 11.8 Å². The number of benzene rings is 2. The van der Waals surface area contributed by atoms with E-state index in [1.807, 2.05) is 44.2 Å². The highest BCUT2D eigenvalue weighted by Crippen LogP contribution is 2.16. The second-order valence-corrected chi connectivity index (χ2v) is 6.22. The Morgan fingerprint density at radius 1 is 1.14 bits per heavy atom. The maximum atomic E-state index is 11.9. The quantitative estimate of drug-likeness (QED) is 0.784. The number of hydrogen-bond donors (Lipinski definition) is 1. The van der Waals surface area contributed by atoms with E-state index in [-0.39, 0.29) is 5.91 Å². The van der Waals surface area contributed by atoms with Gasteiger partial charge in [-0.1, -0.05) is 60.2 Å². The third-order valence-corrected chi connectivity index (χ3v) is 4.11. The van der Waals surface area contributed by atoms with E-state index >= 15 is 0 Å². The Balaban J connectivity index is 1.73. The zero-order valence-corrected chi connectivity index (χ0v) is 13.8. The molecule has 2 nitrogen and oxygen atoms in total. The molecule has 22 heavy (non-hydrogen) atoms. The van der Waals surface area contributed by atoms with Crippen molar-refractivity contribution in [2.24, 2.45) is 0 Å². The van der Waals surface area contributed by atoms with E-state index in [1.165, 1.54) is 11.1 Å². The molecule has 0 radical (unpaired) electrons. The van der Waals surface area contributed by atoms with Crippen LogP contribution in [0.2, 0.25) is 0 Å². The normalized spacial score (nSPS) is 10.8. The van der Waals surface area contributed by atoms with Crippen LogP contribution < -0.4 is 5.32 Å². The van der Waals surface area contributed by atoms with E-state index in [0.29, 0.717) is 5.75 Å². The molecule has 0 saturated carbocycles. The predicted octanol–water partition coefficient (Wildman–Crippen LogP) is 4.69. The number of aryl methyl sites for hydroxylation is 2. The molecule has 114 valence electrons. The van der Waals surface area contributed by atoms with Gasteiger partial charge in [0.2, 0.25) is 5.91 Å². The van der Waals surface area contributed by atoms with Gasteiger partial charge in [-0.2, -0.15) is 0 Å². The van der Waals surface area contributed by atoms with Gasteiger partial charge in [0.1, 0.15) is 0 Å². The molecule has 0 fully saturated rings. The molecule has 0 aromatic heterocycles. The first-order valence-corrected chi connectivity index (χ1v) is 8.47. The van der Waals surface area contributed by atoms with Crippen LogP contribution in [0.5, 0.6) is 0 Å². The molecule has 0 bridgehead atoms. The average molecular weight is 311 g/mol. The number of rotatable bonds is 6. The van der Waals surface area contributed by atoms with Crippen molar-refractivity contribution in [2.75, 3.05) is 16.8 Å². The molecule has 0 unspecified atom stereocenters. The third-order valence-electron chi connectivity index (χ3n) is 3.21. The van der Waals surface area contributed by atoms with Crippen LogP contribution in [0, 0.1) is 13.8 Å². The third kappa shape index (κ3) is 5.41. The van der Waals surface area contributed by atoms with Crippen LogP contribution in [0.15, 0.2) is 54.6 Å². The van der Waals surface area contributed by atoms with Crippen LogP contribution in [0.3, 0.4) is 0 Å². The summed E-state index contributed by atoms with van der Waals surface area (Å²) in [6, 6.07) is 16.2. The van der Waals surface area contributed by atoms with Crippen LogP contribution in [0.1, 0.15) is 16.7 Å². The van der Waals surface area contributed by atoms with Gasteiger partial charge in [-0.15, -0.1) is 11.8 Å². The zero-order valence-electron chi connectivity index (χ0n) is 13.0. The van der Waals surface area contributed by atoms with Gasteiger partial charge >= 0.3 is 0 Å². The molecule has 1 N–H and O–H groups in total. The average Bonchev–Trinajstić information content (AvgIpc) is 2.51. The van der Waals surface area contributed by atoms with Gasteiger partial charge in [-0.05, 0) is 31.0 Å². The van der Waals surface area contributed by atoms with Crippen molar-refractivity contribution >= 4 is 29.4 Å². The number of nitrogens with one attached hydrogen (secondary N) is 1. The van der Waals surface area contributed by atoms with E-state index in [4.69, 9.17) is 0 Å². The Morgan fingerprint density at radius 2 is 1.91 bits per heavy atom. The van der Waals surface area contributed by atoms with Crippen LogP contribution in [0.4, 0.5) is 5.69 Å². The van der Waals surface area contributed by atoms with Crippen LogP contribution in [0.25, 0.3) is 6.08 Å². The first-order chi connectivity index (χ1) is 10.6. The van der Waals surface area contributed by atoms with Crippen molar-refractivity contribution in [1.29, 1.82) is 0 Å². The first kappa shape index (κ1) is 16.4. The predicted molar refractivity (Wildman–Crippen MR) is 97.3 cm³/mol. The van der Waals surface area contributed by atoms with E-state index in [2.05, 4.69) is 35.7 Å². The monoisotopic (exact) mass is 311 g/mol. The van der Waals surface area contributed by atoms with Crippen LogP contribution in [-0.2, 0) is 4.79 Å². The lowest BCUT2D eigenvalue weighted by atomic mass is 10.1. The summed E-state index contributed by atoms with van der Waals surface area (Å²) in [7, 11) is 0. The minimum atomic E-state index is 0.0464. The highest BCUT2D eigenvalue weighted by Gasteiger charge is 2.04. The minimum Gasteiger partial charge on any atom is -0.325 e. The molecule has 1 amide bonds. The lowest BCUT2D eigenvalue weighted by Gasteiger charge is -2.08. The SMILES string of the molecule is Cc1ccc(NC(=O)CSC/C=C/c2ccccc2)c(C)c1. The van der Waals surface area contributed by atoms with E-state index in [0.717, 1.165) is 17.0 Å². The van der Waals surface area contributed by atoms with Crippen molar-refractivity contribution in [2.45, 2.75) is 13.8 Å². The Morgan fingerprint density at radius 3 is 2.64 bits per heavy atom. The summed E-state index contributed by atoms with van der Waals surface area (Å²) in [5, 5.41) is 2.96.